The number of rotatable bonds is 11. The maximum Gasteiger partial charge on any atom is 0.353 e. The van der Waals surface area contributed by atoms with Crippen LogP contribution in [0.2, 0.25) is 0 Å². The molecule has 41 heavy (non-hydrogen) atoms. The second-order valence-corrected chi connectivity index (χ2v) is 13.1. The predicted molar refractivity (Wildman–Crippen MR) is 163 cm³/mol. The molecule has 0 bridgehead atoms. The Bertz CT molecular complexity index is 1300. The zero-order valence-corrected chi connectivity index (χ0v) is 25.2. The molecule has 0 saturated heterocycles. The van der Waals surface area contributed by atoms with E-state index in [0.717, 1.165) is 14.7 Å². The van der Waals surface area contributed by atoms with Crippen molar-refractivity contribution in [1.29, 1.82) is 0 Å². The van der Waals surface area contributed by atoms with Gasteiger partial charge >= 0.3 is 5.97 Å². The van der Waals surface area contributed by atoms with Gasteiger partial charge in [-0.15, -0.1) is 0 Å². The summed E-state index contributed by atoms with van der Waals surface area (Å²) in [4.78, 5) is 16.2. The zero-order chi connectivity index (χ0) is 29.6. The molecule has 0 heterocycles. The fourth-order valence-corrected chi connectivity index (χ4v) is 7.28. The van der Waals surface area contributed by atoms with Gasteiger partial charge in [0.05, 0.1) is 18.3 Å². The summed E-state index contributed by atoms with van der Waals surface area (Å²) in [7, 11) is -2.66. The molecule has 4 aromatic carbocycles. The molecule has 0 saturated carbocycles. The van der Waals surface area contributed by atoms with Gasteiger partial charge in [0, 0.05) is 14.7 Å². The summed E-state index contributed by atoms with van der Waals surface area (Å²) >= 11 is 0. The number of ether oxygens (including phenoxy) is 3. The summed E-state index contributed by atoms with van der Waals surface area (Å²) in [5.41, 5.74) is 0.0867. The molecule has 0 aromatic heterocycles. The van der Waals surface area contributed by atoms with Crippen LogP contribution in [0.25, 0.3) is 0 Å². The highest BCUT2D eigenvalue weighted by Gasteiger charge is 2.37. The third-order valence-corrected chi connectivity index (χ3v) is 9.12. The van der Waals surface area contributed by atoms with Gasteiger partial charge in [-0.2, -0.15) is 0 Å². The van der Waals surface area contributed by atoms with E-state index in [-0.39, 0.29) is 29.6 Å². The molecule has 6 nitrogen and oxygen atoms in total. The Morgan fingerprint density at radius 2 is 0.902 bits per heavy atom. The number of phenolic OH excluding ortho intramolecular Hbond substituents is 1. The van der Waals surface area contributed by atoms with Crippen molar-refractivity contribution in [2.75, 3.05) is 0 Å². The number of para-hydroxylation sites is 1. The molecule has 1 N–H and O–H groups in total. The lowest BCUT2D eigenvalue weighted by Gasteiger charge is -2.40. The Labute approximate surface area is 244 Å². The third kappa shape index (κ3) is 7.16. The minimum absolute atomic E-state index is 0.0128. The molecule has 0 aliphatic carbocycles. The SMILES string of the molecule is CC(C)Oc1ccc(S(OC(=O)c2ccccc2O)(c2ccc(OC(C)C)cc2)c2ccc(OC(C)C)cc2)cc1. The average molecular weight is 575 g/mol. The van der Waals surface area contributed by atoms with Crippen molar-refractivity contribution in [2.24, 2.45) is 0 Å². The van der Waals surface area contributed by atoms with Crippen LogP contribution < -0.4 is 14.2 Å². The van der Waals surface area contributed by atoms with Crippen LogP contribution in [0.5, 0.6) is 23.0 Å². The fourth-order valence-electron chi connectivity index (χ4n) is 4.30. The van der Waals surface area contributed by atoms with Gasteiger partial charge in [0.2, 0.25) is 0 Å². The van der Waals surface area contributed by atoms with E-state index in [1.54, 1.807) is 18.2 Å². The zero-order valence-electron chi connectivity index (χ0n) is 24.4. The van der Waals surface area contributed by atoms with E-state index in [2.05, 4.69) is 0 Å². The lowest BCUT2D eigenvalue weighted by molar-refractivity contribution is 0.0754. The van der Waals surface area contributed by atoms with Crippen molar-refractivity contribution in [3.05, 3.63) is 103 Å². The van der Waals surface area contributed by atoms with Gasteiger partial charge in [-0.1, -0.05) is 12.1 Å². The van der Waals surface area contributed by atoms with Crippen LogP contribution >= 0.6 is 10.3 Å². The van der Waals surface area contributed by atoms with Gasteiger partial charge in [-0.3, -0.25) is 0 Å². The number of hydrogen-bond acceptors (Lipinski definition) is 6. The van der Waals surface area contributed by atoms with Crippen LogP contribution in [0.4, 0.5) is 0 Å². The first-order chi connectivity index (χ1) is 19.6. The number of carbonyl (C=O) groups is 1. The van der Waals surface area contributed by atoms with Gasteiger partial charge in [-0.25, -0.2) is 4.79 Å². The van der Waals surface area contributed by atoms with Crippen LogP contribution in [-0.4, -0.2) is 29.4 Å². The molecule has 0 aliphatic heterocycles. The molecular weight excluding hydrogens is 536 g/mol. The van der Waals surface area contributed by atoms with Crippen LogP contribution in [0, 0.1) is 0 Å². The normalized spacial score (nSPS) is 11.9. The maximum atomic E-state index is 13.8. The van der Waals surface area contributed by atoms with Crippen LogP contribution in [0.15, 0.2) is 112 Å². The van der Waals surface area contributed by atoms with Gasteiger partial charge in [-0.05, 0) is 137 Å². The predicted octanol–water partition coefficient (Wildman–Crippen LogP) is 8.81. The van der Waals surface area contributed by atoms with Crippen molar-refractivity contribution in [3.63, 3.8) is 0 Å². The Morgan fingerprint density at radius 1 is 0.561 bits per heavy atom. The summed E-state index contributed by atoms with van der Waals surface area (Å²) in [6, 6.07) is 29.3. The molecule has 0 atom stereocenters. The summed E-state index contributed by atoms with van der Waals surface area (Å²) in [5.74, 6) is 1.36. The van der Waals surface area contributed by atoms with E-state index in [9.17, 15) is 9.90 Å². The van der Waals surface area contributed by atoms with E-state index in [0.29, 0.717) is 17.2 Å². The number of benzene rings is 4. The Kier molecular flexibility index (Phi) is 9.50. The number of phenols is 1. The molecule has 0 amide bonds. The summed E-state index contributed by atoms with van der Waals surface area (Å²) in [6.07, 6.45) is 0.0384. The number of carbonyl (C=O) groups excluding carboxylic acids is 1. The molecule has 216 valence electrons. The number of hydrogen-bond donors (Lipinski definition) is 1. The Balaban J connectivity index is 1.93. The van der Waals surface area contributed by atoms with E-state index < -0.39 is 16.3 Å². The lowest BCUT2D eigenvalue weighted by atomic mass is 10.2. The van der Waals surface area contributed by atoms with E-state index >= 15 is 0 Å². The molecule has 0 unspecified atom stereocenters. The first-order valence-corrected chi connectivity index (χ1v) is 15.3. The highest BCUT2D eigenvalue weighted by atomic mass is 32.3. The first kappa shape index (κ1) is 29.9. The van der Waals surface area contributed by atoms with Crippen molar-refractivity contribution in [3.8, 4) is 23.0 Å². The Morgan fingerprint density at radius 3 is 1.22 bits per heavy atom. The maximum absolute atomic E-state index is 13.8. The standard InChI is InChI=1S/C34H38O6S/c1-23(2)37-26-11-17-29(18-12-26)41(30-19-13-27(14-20-30)38-24(3)4,31-21-15-28(16-22-31)39-25(5)6)40-34(36)32-9-7-8-10-33(32)35/h7-25,35H,1-6H3. The van der Waals surface area contributed by atoms with Crippen molar-refractivity contribution >= 4 is 16.3 Å². The lowest BCUT2D eigenvalue weighted by Crippen LogP contribution is -2.15. The Hall–Kier alpha value is -4.10. The quantitative estimate of drug-likeness (QED) is 0.193. The minimum atomic E-state index is -2.66. The molecule has 4 rings (SSSR count). The molecule has 7 heteroatoms. The highest BCUT2D eigenvalue weighted by Crippen LogP contribution is 2.69. The van der Waals surface area contributed by atoms with Gasteiger partial charge in [0.15, 0.2) is 0 Å². The van der Waals surface area contributed by atoms with Crippen LogP contribution in [-0.2, 0) is 4.18 Å². The molecule has 0 radical (unpaired) electrons. The van der Waals surface area contributed by atoms with Crippen molar-refractivity contribution in [2.45, 2.75) is 74.5 Å². The highest BCUT2D eigenvalue weighted by molar-refractivity contribution is 8.30. The van der Waals surface area contributed by atoms with Crippen LogP contribution in [0.1, 0.15) is 51.9 Å². The molecule has 0 fully saturated rings. The van der Waals surface area contributed by atoms with Gasteiger partial charge in [0.25, 0.3) is 0 Å². The first-order valence-electron chi connectivity index (χ1n) is 13.7. The van der Waals surface area contributed by atoms with E-state index in [4.69, 9.17) is 18.4 Å². The fraction of sp³-hybridized carbons (Fsp3) is 0.265. The minimum Gasteiger partial charge on any atom is -0.507 e. The molecule has 0 spiro atoms. The second kappa shape index (κ2) is 13.0. The average Bonchev–Trinajstić information content (AvgIpc) is 2.92. The van der Waals surface area contributed by atoms with Crippen molar-refractivity contribution < 1.29 is 28.3 Å². The van der Waals surface area contributed by atoms with E-state index in [1.165, 1.54) is 6.07 Å². The summed E-state index contributed by atoms with van der Waals surface area (Å²) in [6.45, 7) is 11.8. The molecule has 0 aliphatic rings. The smallest absolute Gasteiger partial charge is 0.353 e. The molecule has 4 aromatic rings. The van der Waals surface area contributed by atoms with Gasteiger partial charge < -0.3 is 23.5 Å². The van der Waals surface area contributed by atoms with Gasteiger partial charge in [0.1, 0.15) is 28.6 Å². The topological polar surface area (TPSA) is 74.2 Å². The van der Waals surface area contributed by atoms with Crippen molar-refractivity contribution in [1.82, 2.24) is 0 Å². The van der Waals surface area contributed by atoms with E-state index in [1.807, 2.05) is 114 Å². The third-order valence-electron chi connectivity index (χ3n) is 5.91. The summed E-state index contributed by atoms with van der Waals surface area (Å²) in [5, 5.41) is 10.5. The second-order valence-electron chi connectivity index (χ2n) is 10.4. The summed E-state index contributed by atoms with van der Waals surface area (Å²) < 4.78 is 24.3. The number of aromatic hydroxyl groups is 1. The largest absolute Gasteiger partial charge is 0.507 e. The van der Waals surface area contributed by atoms with Crippen LogP contribution in [0.3, 0.4) is 0 Å². The monoisotopic (exact) mass is 574 g/mol. The molecular formula is C34H38O6S.